The summed E-state index contributed by atoms with van der Waals surface area (Å²) in [5.74, 6) is -1.46. The van der Waals surface area contributed by atoms with Crippen LogP contribution >= 0.6 is 0 Å². The molecule has 0 fully saturated rings. The molecule has 0 aliphatic carbocycles. The average Bonchev–Trinajstić information content (AvgIpc) is 2.68. The van der Waals surface area contributed by atoms with Gasteiger partial charge in [0.15, 0.2) is 6.61 Å². The number of carbonyl (C=O) groups excluding carboxylic acids is 3. The van der Waals surface area contributed by atoms with Gasteiger partial charge in [-0.3, -0.25) is 14.4 Å². The molecular formula is C20H22N2O4. The summed E-state index contributed by atoms with van der Waals surface area (Å²) >= 11 is 0. The number of amides is 2. The molecule has 0 aliphatic rings. The summed E-state index contributed by atoms with van der Waals surface area (Å²) in [6, 6.07) is 15.8. The molecule has 6 heteroatoms. The molecule has 0 saturated carbocycles. The molecule has 2 N–H and O–H groups in total. The van der Waals surface area contributed by atoms with Gasteiger partial charge in [-0.2, -0.15) is 0 Å². The van der Waals surface area contributed by atoms with E-state index in [-0.39, 0.29) is 12.5 Å². The van der Waals surface area contributed by atoms with Crippen molar-refractivity contribution in [2.24, 2.45) is 0 Å². The van der Waals surface area contributed by atoms with Crippen molar-refractivity contribution >= 4 is 23.5 Å². The van der Waals surface area contributed by atoms with Crippen molar-refractivity contribution in [3.8, 4) is 0 Å². The van der Waals surface area contributed by atoms with Gasteiger partial charge in [0.25, 0.3) is 11.8 Å². The Morgan fingerprint density at radius 1 is 1.00 bits per heavy atom. The predicted octanol–water partition coefficient (Wildman–Crippen LogP) is 2.72. The number of anilines is 1. The third-order valence-corrected chi connectivity index (χ3v) is 3.90. The molecule has 136 valence electrons. The Kier molecular flexibility index (Phi) is 6.91. The van der Waals surface area contributed by atoms with Gasteiger partial charge in [0.1, 0.15) is 0 Å². The van der Waals surface area contributed by atoms with Crippen molar-refractivity contribution in [1.29, 1.82) is 0 Å². The smallest absolute Gasteiger partial charge is 0.313 e. The van der Waals surface area contributed by atoms with Crippen LogP contribution in [0, 0.1) is 0 Å². The van der Waals surface area contributed by atoms with E-state index >= 15 is 0 Å². The van der Waals surface area contributed by atoms with Gasteiger partial charge in [-0.25, -0.2) is 0 Å². The first-order valence-electron chi connectivity index (χ1n) is 8.38. The fourth-order valence-corrected chi connectivity index (χ4v) is 2.51. The van der Waals surface area contributed by atoms with Crippen LogP contribution in [0.15, 0.2) is 54.6 Å². The van der Waals surface area contributed by atoms with Crippen LogP contribution < -0.4 is 10.6 Å². The lowest BCUT2D eigenvalue weighted by Crippen LogP contribution is -2.24. The molecule has 6 nitrogen and oxygen atoms in total. The molecule has 2 aromatic carbocycles. The van der Waals surface area contributed by atoms with E-state index in [9.17, 15) is 14.4 Å². The summed E-state index contributed by atoms with van der Waals surface area (Å²) in [7, 11) is 1.55. The zero-order chi connectivity index (χ0) is 18.9. The van der Waals surface area contributed by atoms with Gasteiger partial charge in [-0.15, -0.1) is 0 Å². The van der Waals surface area contributed by atoms with E-state index in [1.54, 1.807) is 31.3 Å². The summed E-state index contributed by atoms with van der Waals surface area (Å²) < 4.78 is 5.15. The van der Waals surface area contributed by atoms with Gasteiger partial charge >= 0.3 is 5.97 Å². The SMILES string of the molecule is CC[C@H](C(=O)OCC(=O)Nc1ccc(C(=O)NC)cc1)c1ccccc1. The van der Waals surface area contributed by atoms with E-state index in [2.05, 4.69) is 10.6 Å². The van der Waals surface area contributed by atoms with Crippen molar-refractivity contribution < 1.29 is 19.1 Å². The highest BCUT2D eigenvalue weighted by atomic mass is 16.5. The summed E-state index contributed by atoms with van der Waals surface area (Å²) in [4.78, 5) is 35.7. The topological polar surface area (TPSA) is 84.5 Å². The zero-order valence-electron chi connectivity index (χ0n) is 14.8. The lowest BCUT2D eigenvalue weighted by atomic mass is 9.97. The van der Waals surface area contributed by atoms with E-state index in [0.29, 0.717) is 17.7 Å². The number of rotatable bonds is 7. The first-order chi connectivity index (χ1) is 12.5. The van der Waals surface area contributed by atoms with E-state index in [1.165, 1.54) is 0 Å². The highest BCUT2D eigenvalue weighted by molar-refractivity contribution is 5.96. The zero-order valence-corrected chi connectivity index (χ0v) is 14.8. The molecule has 1 atom stereocenters. The maximum Gasteiger partial charge on any atom is 0.313 e. The molecular weight excluding hydrogens is 332 g/mol. The fourth-order valence-electron chi connectivity index (χ4n) is 2.51. The fraction of sp³-hybridized carbons (Fsp3) is 0.250. The van der Waals surface area contributed by atoms with Gasteiger partial charge in [0, 0.05) is 18.3 Å². The lowest BCUT2D eigenvalue weighted by Gasteiger charge is -2.14. The molecule has 0 bridgehead atoms. The number of benzene rings is 2. The molecule has 0 heterocycles. The highest BCUT2D eigenvalue weighted by Crippen LogP contribution is 2.20. The van der Waals surface area contributed by atoms with Crippen molar-refractivity contribution in [2.45, 2.75) is 19.3 Å². The van der Waals surface area contributed by atoms with Crippen LogP contribution in [0.2, 0.25) is 0 Å². The number of carbonyl (C=O) groups is 3. The summed E-state index contributed by atoms with van der Waals surface area (Å²) in [5, 5.41) is 5.15. The Labute approximate surface area is 152 Å². The second-order valence-corrected chi connectivity index (χ2v) is 5.68. The van der Waals surface area contributed by atoms with Crippen molar-refractivity contribution in [3.05, 3.63) is 65.7 Å². The molecule has 26 heavy (non-hydrogen) atoms. The monoisotopic (exact) mass is 354 g/mol. The Morgan fingerprint density at radius 2 is 1.65 bits per heavy atom. The van der Waals surface area contributed by atoms with Gasteiger partial charge in [0.05, 0.1) is 5.92 Å². The van der Waals surface area contributed by atoms with Crippen LogP contribution in [0.4, 0.5) is 5.69 Å². The molecule has 0 saturated heterocycles. The third-order valence-electron chi connectivity index (χ3n) is 3.90. The Morgan fingerprint density at radius 3 is 2.23 bits per heavy atom. The first-order valence-corrected chi connectivity index (χ1v) is 8.38. The van der Waals surface area contributed by atoms with Gasteiger partial charge < -0.3 is 15.4 Å². The molecule has 0 aromatic heterocycles. The molecule has 0 spiro atoms. The molecule has 2 aromatic rings. The normalized spacial score (nSPS) is 11.3. The molecule has 2 amide bonds. The largest absolute Gasteiger partial charge is 0.455 e. The number of nitrogens with one attached hydrogen (secondary N) is 2. The standard InChI is InChI=1S/C20H22N2O4/c1-3-17(14-7-5-4-6-8-14)20(25)26-13-18(23)22-16-11-9-15(10-12-16)19(24)21-2/h4-12,17H,3,13H2,1-2H3,(H,21,24)(H,22,23)/t17-/m0/s1. The molecule has 0 radical (unpaired) electrons. The number of hydrogen-bond donors (Lipinski definition) is 2. The first kappa shape index (κ1) is 19.2. The van der Waals surface area contributed by atoms with Crippen LogP contribution in [0.25, 0.3) is 0 Å². The average molecular weight is 354 g/mol. The van der Waals surface area contributed by atoms with Crippen LogP contribution in [-0.4, -0.2) is 31.4 Å². The van der Waals surface area contributed by atoms with E-state index in [0.717, 1.165) is 5.56 Å². The number of hydrogen-bond acceptors (Lipinski definition) is 4. The van der Waals surface area contributed by atoms with E-state index in [4.69, 9.17) is 4.74 Å². The summed E-state index contributed by atoms with van der Waals surface area (Å²) in [6.45, 7) is 1.53. The quantitative estimate of drug-likeness (QED) is 0.749. The van der Waals surface area contributed by atoms with E-state index < -0.39 is 17.8 Å². The molecule has 0 aliphatic heterocycles. The third kappa shape index (κ3) is 5.17. The van der Waals surface area contributed by atoms with E-state index in [1.807, 2.05) is 37.3 Å². The Balaban J connectivity index is 1.87. The second kappa shape index (κ2) is 9.36. The van der Waals surface area contributed by atoms with Crippen LogP contribution in [0.3, 0.4) is 0 Å². The van der Waals surface area contributed by atoms with Crippen molar-refractivity contribution in [3.63, 3.8) is 0 Å². The number of ether oxygens (including phenoxy) is 1. The number of esters is 1. The minimum absolute atomic E-state index is 0.205. The second-order valence-electron chi connectivity index (χ2n) is 5.68. The van der Waals surface area contributed by atoms with Crippen molar-refractivity contribution in [2.75, 3.05) is 19.0 Å². The molecule has 2 rings (SSSR count). The lowest BCUT2D eigenvalue weighted by molar-refractivity contribution is -0.149. The minimum Gasteiger partial charge on any atom is -0.455 e. The highest BCUT2D eigenvalue weighted by Gasteiger charge is 2.20. The minimum atomic E-state index is -0.436. The maximum atomic E-state index is 12.2. The molecule has 0 unspecified atom stereocenters. The van der Waals surface area contributed by atoms with Crippen LogP contribution in [0.1, 0.15) is 35.2 Å². The summed E-state index contributed by atoms with van der Waals surface area (Å²) in [6.07, 6.45) is 0.589. The van der Waals surface area contributed by atoms with Gasteiger partial charge in [-0.05, 0) is 36.2 Å². The Bertz CT molecular complexity index is 757. The van der Waals surface area contributed by atoms with Crippen LogP contribution in [0.5, 0.6) is 0 Å². The predicted molar refractivity (Wildman–Crippen MR) is 98.9 cm³/mol. The summed E-state index contributed by atoms with van der Waals surface area (Å²) in [5.41, 5.74) is 1.88. The van der Waals surface area contributed by atoms with Crippen molar-refractivity contribution in [1.82, 2.24) is 5.32 Å². The Hall–Kier alpha value is -3.15. The van der Waals surface area contributed by atoms with Gasteiger partial charge in [0.2, 0.25) is 0 Å². The van der Waals surface area contributed by atoms with Crippen LogP contribution in [-0.2, 0) is 14.3 Å². The maximum absolute atomic E-state index is 12.2. The van der Waals surface area contributed by atoms with Gasteiger partial charge in [-0.1, -0.05) is 37.3 Å².